The Morgan fingerprint density at radius 1 is 1.08 bits per heavy atom. The lowest BCUT2D eigenvalue weighted by Gasteiger charge is -2.10. The first-order valence-corrected chi connectivity index (χ1v) is 9.45. The molecule has 6 heteroatoms. The summed E-state index contributed by atoms with van der Waals surface area (Å²) in [5.41, 5.74) is 2.64. The van der Waals surface area contributed by atoms with Gasteiger partial charge in [0.25, 0.3) is 5.91 Å². The van der Waals surface area contributed by atoms with Gasteiger partial charge in [-0.2, -0.15) is 0 Å². The van der Waals surface area contributed by atoms with Gasteiger partial charge in [-0.3, -0.25) is 4.79 Å². The Morgan fingerprint density at radius 2 is 1.75 bits per heavy atom. The fourth-order valence-electron chi connectivity index (χ4n) is 2.24. The Hall–Kier alpha value is -2.34. The molecule has 0 aliphatic rings. The quantitative estimate of drug-likeness (QED) is 0.815. The van der Waals surface area contributed by atoms with Gasteiger partial charge in [0.2, 0.25) is 0 Å². The molecule has 2 rings (SSSR count). The Bertz CT molecular complexity index is 827. The van der Waals surface area contributed by atoms with Gasteiger partial charge in [0.1, 0.15) is 12.4 Å². The summed E-state index contributed by atoms with van der Waals surface area (Å²) in [6.45, 7) is 4.72. The van der Waals surface area contributed by atoms with Gasteiger partial charge in [-0.15, -0.1) is 0 Å². The van der Waals surface area contributed by atoms with Crippen LogP contribution in [0.3, 0.4) is 0 Å². The van der Waals surface area contributed by atoms with Crippen LogP contribution in [0.15, 0.2) is 47.4 Å². The third kappa shape index (κ3) is 4.83. The maximum atomic E-state index is 12.0. The molecule has 1 amide bonds. The first-order valence-electron chi connectivity index (χ1n) is 7.56. The SMILES string of the molecule is Cc1ccc(OCCNC(=O)c2ccc(S(C)(=O)=O)cc2)c(C)c1. The number of hydrogen-bond acceptors (Lipinski definition) is 4. The van der Waals surface area contributed by atoms with Crippen LogP contribution < -0.4 is 10.1 Å². The molecule has 0 bridgehead atoms. The van der Waals surface area contributed by atoms with Crippen molar-refractivity contribution in [2.45, 2.75) is 18.7 Å². The molecule has 0 fully saturated rings. The number of sulfone groups is 1. The van der Waals surface area contributed by atoms with Crippen LogP contribution in [0, 0.1) is 13.8 Å². The van der Waals surface area contributed by atoms with Crippen molar-refractivity contribution in [1.29, 1.82) is 0 Å². The van der Waals surface area contributed by atoms with Gasteiger partial charge < -0.3 is 10.1 Å². The molecule has 0 unspecified atom stereocenters. The number of aryl methyl sites for hydroxylation is 2. The lowest BCUT2D eigenvalue weighted by Crippen LogP contribution is -2.28. The Balaban J connectivity index is 1.85. The number of nitrogens with one attached hydrogen (secondary N) is 1. The van der Waals surface area contributed by atoms with Crippen LogP contribution >= 0.6 is 0 Å². The van der Waals surface area contributed by atoms with Crippen molar-refractivity contribution in [3.05, 3.63) is 59.2 Å². The van der Waals surface area contributed by atoms with Crippen molar-refractivity contribution in [2.75, 3.05) is 19.4 Å². The summed E-state index contributed by atoms with van der Waals surface area (Å²) >= 11 is 0. The summed E-state index contributed by atoms with van der Waals surface area (Å²) in [5.74, 6) is 0.534. The van der Waals surface area contributed by atoms with E-state index in [-0.39, 0.29) is 10.8 Å². The standard InChI is InChI=1S/C18H21NO4S/c1-13-4-9-17(14(2)12-13)23-11-10-19-18(20)15-5-7-16(8-6-15)24(3,21)22/h4-9,12H,10-11H2,1-3H3,(H,19,20). The molecule has 0 saturated heterocycles. The van der Waals surface area contributed by atoms with Gasteiger partial charge in [0, 0.05) is 11.8 Å². The molecule has 2 aromatic rings. The summed E-state index contributed by atoms with van der Waals surface area (Å²) in [6, 6.07) is 11.8. The highest BCUT2D eigenvalue weighted by molar-refractivity contribution is 7.90. The Morgan fingerprint density at radius 3 is 2.33 bits per heavy atom. The highest BCUT2D eigenvalue weighted by Crippen LogP contribution is 2.18. The summed E-state index contributed by atoms with van der Waals surface area (Å²) in [6.07, 6.45) is 1.13. The van der Waals surface area contributed by atoms with Crippen molar-refractivity contribution in [2.24, 2.45) is 0 Å². The van der Waals surface area contributed by atoms with E-state index in [4.69, 9.17) is 4.74 Å². The summed E-state index contributed by atoms with van der Waals surface area (Å²) in [5, 5.41) is 2.74. The molecule has 0 heterocycles. The Labute approximate surface area is 142 Å². The van der Waals surface area contributed by atoms with Gasteiger partial charge >= 0.3 is 0 Å². The molecule has 0 aliphatic carbocycles. The van der Waals surface area contributed by atoms with Gasteiger partial charge in [0.05, 0.1) is 11.4 Å². The van der Waals surface area contributed by atoms with Gasteiger partial charge in [-0.1, -0.05) is 17.7 Å². The molecule has 5 nitrogen and oxygen atoms in total. The van der Waals surface area contributed by atoms with E-state index in [1.54, 1.807) is 0 Å². The zero-order valence-electron chi connectivity index (χ0n) is 14.0. The van der Waals surface area contributed by atoms with Crippen LogP contribution in [0.2, 0.25) is 0 Å². The minimum Gasteiger partial charge on any atom is -0.491 e. The topological polar surface area (TPSA) is 72.5 Å². The molecule has 128 valence electrons. The van der Waals surface area contributed by atoms with E-state index < -0.39 is 9.84 Å². The number of carbonyl (C=O) groups is 1. The number of carbonyl (C=O) groups excluding carboxylic acids is 1. The van der Waals surface area contributed by atoms with E-state index in [0.29, 0.717) is 18.7 Å². The predicted molar refractivity (Wildman–Crippen MR) is 93.3 cm³/mol. The van der Waals surface area contributed by atoms with E-state index in [1.165, 1.54) is 29.8 Å². The number of hydrogen-bond donors (Lipinski definition) is 1. The molecular formula is C18H21NO4S. The highest BCUT2D eigenvalue weighted by Gasteiger charge is 2.09. The monoisotopic (exact) mass is 347 g/mol. The van der Waals surface area contributed by atoms with Gasteiger partial charge in [-0.25, -0.2) is 8.42 Å². The number of rotatable bonds is 6. The Kier molecular flexibility index (Phi) is 5.62. The van der Waals surface area contributed by atoms with Gasteiger partial charge in [-0.05, 0) is 49.7 Å². The van der Waals surface area contributed by atoms with Gasteiger partial charge in [0.15, 0.2) is 9.84 Å². The maximum Gasteiger partial charge on any atom is 0.251 e. The van der Waals surface area contributed by atoms with E-state index >= 15 is 0 Å². The molecule has 0 aromatic heterocycles. The largest absolute Gasteiger partial charge is 0.491 e. The first-order chi connectivity index (χ1) is 11.3. The average molecular weight is 347 g/mol. The molecule has 0 aliphatic heterocycles. The number of benzene rings is 2. The third-order valence-electron chi connectivity index (χ3n) is 3.52. The molecule has 0 saturated carbocycles. The van der Waals surface area contributed by atoms with E-state index in [2.05, 4.69) is 5.32 Å². The molecule has 0 atom stereocenters. The molecule has 2 aromatic carbocycles. The van der Waals surface area contributed by atoms with Crippen LogP contribution in [0.4, 0.5) is 0 Å². The highest BCUT2D eigenvalue weighted by atomic mass is 32.2. The minimum absolute atomic E-state index is 0.192. The lowest BCUT2D eigenvalue weighted by atomic mass is 10.1. The zero-order chi connectivity index (χ0) is 17.7. The second-order valence-electron chi connectivity index (χ2n) is 5.67. The second-order valence-corrected chi connectivity index (χ2v) is 7.69. The molecule has 24 heavy (non-hydrogen) atoms. The fraction of sp³-hybridized carbons (Fsp3) is 0.278. The molecule has 0 spiro atoms. The third-order valence-corrected chi connectivity index (χ3v) is 4.65. The second kappa shape index (κ2) is 7.49. The lowest BCUT2D eigenvalue weighted by molar-refractivity contribution is 0.0947. The smallest absolute Gasteiger partial charge is 0.251 e. The average Bonchev–Trinajstić information content (AvgIpc) is 2.52. The first kappa shape index (κ1) is 18.0. The van der Waals surface area contributed by atoms with Crippen molar-refractivity contribution in [3.63, 3.8) is 0 Å². The van der Waals surface area contributed by atoms with Crippen molar-refractivity contribution in [3.8, 4) is 5.75 Å². The number of amides is 1. The van der Waals surface area contributed by atoms with Crippen molar-refractivity contribution in [1.82, 2.24) is 5.32 Å². The van der Waals surface area contributed by atoms with Crippen LogP contribution in [0.5, 0.6) is 5.75 Å². The van der Waals surface area contributed by atoms with E-state index in [9.17, 15) is 13.2 Å². The molecule has 0 radical (unpaired) electrons. The van der Waals surface area contributed by atoms with Crippen LogP contribution in [0.1, 0.15) is 21.5 Å². The van der Waals surface area contributed by atoms with Crippen LogP contribution in [0.25, 0.3) is 0 Å². The van der Waals surface area contributed by atoms with E-state index in [0.717, 1.165) is 17.6 Å². The summed E-state index contributed by atoms with van der Waals surface area (Å²) in [7, 11) is -3.26. The zero-order valence-corrected chi connectivity index (χ0v) is 14.8. The molecular weight excluding hydrogens is 326 g/mol. The van der Waals surface area contributed by atoms with E-state index in [1.807, 2.05) is 32.0 Å². The van der Waals surface area contributed by atoms with Crippen molar-refractivity contribution < 1.29 is 17.9 Å². The van der Waals surface area contributed by atoms with Crippen LogP contribution in [-0.2, 0) is 9.84 Å². The molecule has 1 N–H and O–H groups in total. The number of ether oxygens (including phenoxy) is 1. The summed E-state index contributed by atoms with van der Waals surface area (Å²) < 4.78 is 28.4. The predicted octanol–water partition coefficient (Wildman–Crippen LogP) is 2.52. The normalized spacial score (nSPS) is 11.1. The summed E-state index contributed by atoms with van der Waals surface area (Å²) in [4.78, 5) is 12.2. The van der Waals surface area contributed by atoms with Crippen LogP contribution in [-0.4, -0.2) is 33.7 Å². The minimum atomic E-state index is -3.26. The fourth-order valence-corrected chi connectivity index (χ4v) is 2.87. The van der Waals surface area contributed by atoms with Crippen molar-refractivity contribution >= 4 is 15.7 Å². The maximum absolute atomic E-state index is 12.0.